The molecule has 1 aromatic rings. The molecular formula is C15H19NO5. The van der Waals surface area contributed by atoms with Gasteiger partial charge in [-0.25, -0.2) is 4.79 Å². The van der Waals surface area contributed by atoms with Gasteiger partial charge in [-0.3, -0.25) is 4.79 Å². The van der Waals surface area contributed by atoms with Crippen LogP contribution in [0.25, 0.3) is 0 Å². The first-order chi connectivity index (χ1) is 10.0. The lowest BCUT2D eigenvalue weighted by Gasteiger charge is -2.27. The predicted molar refractivity (Wildman–Crippen MR) is 75.4 cm³/mol. The average Bonchev–Trinajstić information content (AvgIpc) is 2.50. The van der Waals surface area contributed by atoms with Crippen molar-refractivity contribution in [3.8, 4) is 11.5 Å². The van der Waals surface area contributed by atoms with Gasteiger partial charge < -0.3 is 19.9 Å². The lowest BCUT2D eigenvalue weighted by Crippen LogP contribution is -2.52. The Morgan fingerprint density at radius 2 is 2.05 bits per heavy atom. The normalized spacial score (nSPS) is 19.4. The van der Waals surface area contributed by atoms with Crippen molar-refractivity contribution in [1.29, 1.82) is 0 Å². The van der Waals surface area contributed by atoms with Crippen molar-refractivity contribution in [3.63, 3.8) is 0 Å². The van der Waals surface area contributed by atoms with Crippen molar-refractivity contribution in [2.45, 2.75) is 32.4 Å². The van der Waals surface area contributed by atoms with Crippen LogP contribution in [0.15, 0.2) is 24.3 Å². The van der Waals surface area contributed by atoms with Crippen LogP contribution in [0.1, 0.15) is 20.3 Å². The Kier molecular flexibility index (Phi) is 4.67. The van der Waals surface area contributed by atoms with Gasteiger partial charge in [-0.1, -0.05) is 32.4 Å². The van der Waals surface area contributed by atoms with Gasteiger partial charge in [0.25, 0.3) is 5.91 Å². The third-order valence-corrected chi connectivity index (χ3v) is 3.58. The topological polar surface area (TPSA) is 84.9 Å². The zero-order valence-electron chi connectivity index (χ0n) is 12.0. The minimum atomic E-state index is -1.05. The summed E-state index contributed by atoms with van der Waals surface area (Å²) in [6.45, 7) is 3.73. The molecule has 21 heavy (non-hydrogen) atoms. The number of nitrogens with one attached hydrogen (secondary N) is 1. The van der Waals surface area contributed by atoms with Crippen LogP contribution in [-0.4, -0.2) is 35.7 Å². The number of aliphatic carboxylic acids is 1. The van der Waals surface area contributed by atoms with Crippen molar-refractivity contribution in [2.24, 2.45) is 5.92 Å². The number of hydrogen-bond donors (Lipinski definition) is 2. The van der Waals surface area contributed by atoms with Crippen LogP contribution in [0.2, 0.25) is 0 Å². The second-order valence-corrected chi connectivity index (χ2v) is 5.07. The van der Waals surface area contributed by atoms with E-state index in [1.54, 1.807) is 25.1 Å². The van der Waals surface area contributed by atoms with Gasteiger partial charge in [0.05, 0.1) is 0 Å². The van der Waals surface area contributed by atoms with Crippen LogP contribution in [0.5, 0.6) is 11.5 Å². The lowest BCUT2D eigenvalue weighted by atomic mass is 9.99. The van der Waals surface area contributed by atoms with Crippen LogP contribution >= 0.6 is 0 Å². The third kappa shape index (κ3) is 3.45. The molecule has 0 aromatic heterocycles. The number of carbonyl (C=O) groups excluding carboxylic acids is 1. The lowest BCUT2D eigenvalue weighted by molar-refractivity contribution is -0.145. The van der Waals surface area contributed by atoms with Gasteiger partial charge in [0.1, 0.15) is 12.6 Å². The molecular weight excluding hydrogens is 274 g/mol. The molecule has 0 spiro atoms. The van der Waals surface area contributed by atoms with E-state index in [-0.39, 0.29) is 12.5 Å². The van der Waals surface area contributed by atoms with Gasteiger partial charge in [-0.05, 0) is 18.1 Å². The molecule has 1 aromatic carbocycles. The van der Waals surface area contributed by atoms with E-state index < -0.39 is 24.0 Å². The third-order valence-electron chi connectivity index (χ3n) is 3.58. The fourth-order valence-electron chi connectivity index (χ4n) is 2.08. The molecule has 2 rings (SSSR count). The number of carbonyl (C=O) groups is 2. The number of hydrogen-bond acceptors (Lipinski definition) is 4. The first kappa shape index (κ1) is 15.2. The molecule has 0 radical (unpaired) electrons. The number of carboxylic acid groups (broad SMARTS) is 1. The van der Waals surface area contributed by atoms with E-state index in [4.69, 9.17) is 9.47 Å². The van der Waals surface area contributed by atoms with Crippen LogP contribution in [0.3, 0.4) is 0 Å². The van der Waals surface area contributed by atoms with Gasteiger partial charge >= 0.3 is 5.97 Å². The maximum absolute atomic E-state index is 12.2. The fourth-order valence-corrected chi connectivity index (χ4v) is 2.08. The molecule has 1 amide bonds. The molecule has 0 aliphatic carbocycles. The van der Waals surface area contributed by atoms with Crippen molar-refractivity contribution in [1.82, 2.24) is 5.32 Å². The Labute approximate surface area is 123 Å². The predicted octanol–water partition coefficient (Wildman–Crippen LogP) is 1.44. The number of rotatable bonds is 5. The van der Waals surface area contributed by atoms with E-state index in [0.717, 1.165) is 0 Å². The van der Waals surface area contributed by atoms with Crippen molar-refractivity contribution < 1.29 is 24.2 Å². The molecule has 2 unspecified atom stereocenters. The zero-order chi connectivity index (χ0) is 15.4. The minimum absolute atomic E-state index is 0.0652. The van der Waals surface area contributed by atoms with E-state index in [0.29, 0.717) is 17.9 Å². The molecule has 3 atom stereocenters. The van der Waals surface area contributed by atoms with Gasteiger partial charge in [0, 0.05) is 0 Å². The summed E-state index contributed by atoms with van der Waals surface area (Å²) in [5.74, 6) is -0.618. The summed E-state index contributed by atoms with van der Waals surface area (Å²) < 4.78 is 11.0. The van der Waals surface area contributed by atoms with Crippen LogP contribution in [-0.2, 0) is 9.59 Å². The molecule has 6 nitrogen and oxygen atoms in total. The molecule has 0 saturated heterocycles. The van der Waals surface area contributed by atoms with E-state index >= 15 is 0 Å². The standard InChI is InChI=1S/C15H19NO5/c1-3-9(2)13(15(18)19)16-14(17)12-8-20-10-6-4-5-7-11(10)21-12/h4-7,9,12-13H,3,8H2,1-2H3,(H,16,17)(H,18,19)/t9?,12?,13-/m0/s1. The number of ether oxygens (including phenoxy) is 2. The summed E-state index contributed by atoms with van der Waals surface area (Å²) in [6.07, 6.45) is -0.187. The van der Waals surface area contributed by atoms with E-state index in [1.165, 1.54) is 0 Å². The number of para-hydroxylation sites is 2. The number of carboxylic acids is 1. The molecule has 1 heterocycles. The Morgan fingerprint density at radius 1 is 1.38 bits per heavy atom. The van der Waals surface area contributed by atoms with Crippen LogP contribution in [0, 0.1) is 5.92 Å². The first-order valence-corrected chi connectivity index (χ1v) is 6.94. The maximum atomic E-state index is 12.2. The van der Waals surface area contributed by atoms with Crippen LogP contribution in [0.4, 0.5) is 0 Å². The monoisotopic (exact) mass is 293 g/mol. The van der Waals surface area contributed by atoms with Crippen molar-refractivity contribution in [3.05, 3.63) is 24.3 Å². The minimum Gasteiger partial charge on any atom is -0.485 e. The number of fused-ring (bicyclic) bond motifs is 1. The highest BCUT2D eigenvalue weighted by Gasteiger charge is 2.32. The smallest absolute Gasteiger partial charge is 0.326 e. The number of benzene rings is 1. The van der Waals surface area contributed by atoms with Gasteiger partial charge in [-0.2, -0.15) is 0 Å². The summed E-state index contributed by atoms with van der Waals surface area (Å²) >= 11 is 0. The molecule has 1 aliphatic rings. The Morgan fingerprint density at radius 3 is 2.67 bits per heavy atom. The Bertz CT molecular complexity index is 531. The van der Waals surface area contributed by atoms with Gasteiger partial charge in [-0.15, -0.1) is 0 Å². The van der Waals surface area contributed by atoms with E-state index in [9.17, 15) is 14.7 Å². The molecule has 2 N–H and O–H groups in total. The van der Waals surface area contributed by atoms with Crippen molar-refractivity contribution >= 4 is 11.9 Å². The summed E-state index contributed by atoms with van der Waals surface area (Å²) in [7, 11) is 0. The summed E-state index contributed by atoms with van der Waals surface area (Å²) in [6, 6.07) is 6.12. The Balaban J connectivity index is 2.03. The fraction of sp³-hybridized carbons (Fsp3) is 0.467. The highest BCUT2D eigenvalue weighted by Crippen LogP contribution is 2.30. The quantitative estimate of drug-likeness (QED) is 0.858. The second-order valence-electron chi connectivity index (χ2n) is 5.07. The largest absolute Gasteiger partial charge is 0.485 e. The molecule has 1 aliphatic heterocycles. The first-order valence-electron chi connectivity index (χ1n) is 6.94. The van der Waals surface area contributed by atoms with Crippen molar-refractivity contribution in [2.75, 3.05) is 6.61 Å². The second kappa shape index (κ2) is 6.47. The molecule has 0 saturated carbocycles. The SMILES string of the molecule is CCC(C)[C@H](NC(=O)C1COc2ccccc2O1)C(=O)O. The van der Waals surface area contributed by atoms with Gasteiger partial charge in [0.2, 0.25) is 6.10 Å². The maximum Gasteiger partial charge on any atom is 0.326 e. The van der Waals surface area contributed by atoms with Crippen LogP contribution < -0.4 is 14.8 Å². The highest BCUT2D eigenvalue weighted by atomic mass is 16.6. The van der Waals surface area contributed by atoms with E-state index in [2.05, 4.69) is 5.32 Å². The number of amides is 1. The summed E-state index contributed by atoms with van der Waals surface area (Å²) in [5.41, 5.74) is 0. The highest BCUT2D eigenvalue weighted by molar-refractivity contribution is 5.87. The summed E-state index contributed by atoms with van der Waals surface area (Å²) in [4.78, 5) is 23.4. The summed E-state index contributed by atoms with van der Waals surface area (Å²) in [5, 5.41) is 11.7. The zero-order valence-corrected chi connectivity index (χ0v) is 12.0. The molecule has 0 bridgehead atoms. The van der Waals surface area contributed by atoms with E-state index in [1.807, 2.05) is 13.0 Å². The average molecular weight is 293 g/mol. The molecule has 6 heteroatoms. The molecule has 0 fully saturated rings. The Hall–Kier alpha value is -2.24. The van der Waals surface area contributed by atoms with Gasteiger partial charge in [0.15, 0.2) is 11.5 Å². The molecule has 114 valence electrons.